The minimum absolute atomic E-state index is 0.108. The molecule has 0 fully saturated rings. The molecule has 7 heteroatoms. The molecule has 0 aliphatic rings. The van der Waals surface area contributed by atoms with E-state index in [0.29, 0.717) is 17.1 Å². The van der Waals surface area contributed by atoms with E-state index in [0.717, 1.165) is 24.4 Å². The second kappa shape index (κ2) is 6.72. The first kappa shape index (κ1) is 15.7. The predicted molar refractivity (Wildman–Crippen MR) is 78.5 cm³/mol. The van der Waals surface area contributed by atoms with Gasteiger partial charge in [0.25, 0.3) is 5.91 Å². The van der Waals surface area contributed by atoms with Gasteiger partial charge in [0.15, 0.2) is 5.82 Å². The Balaban J connectivity index is 2.86. The summed E-state index contributed by atoms with van der Waals surface area (Å²) in [7, 11) is 1.55. The van der Waals surface area contributed by atoms with Crippen LogP contribution < -0.4 is 16.4 Å². The van der Waals surface area contributed by atoms with Crippen LogP contribution in [0.2, 0.25) is 0 Å². The van der Waals surface area contributed by atoms with Crippen molar-refractivity contribution in [1.29, 1.82) is 0 Å². The molecular weight excluding hydrogens is 264 g/mol. The number of aliphatic hydroxyl groups excluding tert-OH is 1. The molecule has 0 aromatic carbocycles. The molecule has 0 aliphatic heterocycles. The van der Waals surface area contributed by atoms with Crippen LogP contribution in [-0.4, -0.2) is 35.6 Å². The summed E-state index contributed by atoms with van der Waals surface area (Å²) in [6.07, 6.45) is 1.72. The summed E-state index contributed by atoms with van der Waals surface area (Å²) >= 11 is 1.16. The van der Waals surface area contributed by atoms with Crippen LogP contribution in [0.1, 0.15) is 37.0 Å². The molecule has 1 amide bonds. The zero-order valence-corrected chi connectivity index (χ0v) is 12.4. The van der Waals surface area contributed by atoms with Crippen LogP contribution >= 0.6 is 11.5 Å². The fourth-order valence-corrected chi connectivity index (χ4v) is 2.52. The number of rotatable bonds is 7. The van der Waals surface area contributed by atoms with Gasteiger partial charge in [0.05, 0.1) is 6.61 Å². The van der Waals surface area contributed by atoms with E-state index >= 15 is 0 Å². The van der Waals surface area contributed by atoms with Crippen LogP contribution in [0.25, 0.3) is 0 Å². The number of amides is 1. The van der Waals surface area contributed by atoms with Crippen molar-refractivity contribution < 1.29 is 9.90 Å². The van der Waals surface area contributed by atoms with Gasteiger partial charge < -0.3 is 21.5 Å². The number of aliphatic hydroxyl groups is 1. The highest BCUT2D eigenvalue weighted by atomic mass is 32.1. The average Bonchev–Trinajstić information content (AvgIpc) is 2.81. The summed E-state index contributed by atoms with van der Waals surface area (Å²) in [6.45, 7) is 4.78. The maximum atomic E-state index is 11.7. The first-order chi connectivity index (χ1) is 9.03. The molecule has 0 spiro atoms. The summed E-state index contributed by atoms with van der Waals surface area (Å²) < 4.78 is 4.00. The molecule has 1 heterocycles. The van der Waals surface area contributed by atoms with E-state index in [1.54, 1.807) is 7.05 Å². The zero-order chi connectivity index (χ0) is 14.5. The zero-order valence-electron chi connectivity index (χ0n) is 11.6. The van der Waals surface area contributed by atoms with Crippen molar-refractivity contribution in [3.63, 3.8) is 0 Å². The van der Waals surface area contributed by atoms with Gasteiger partial charge >= 0.3 is 0 Å². The van der Waals surface area contributed by atoms with Gasteiger partial charge in [-0.1, -0.05) is 13.8 Å². The van der Waals surface area contributed by atoms with E-state index in [4.69, 9.17) is 5.73 Å². The minimum Gasteiger partial charge on any atom is -0.396 e. The highest BCUT2D eigenvalue weighted by Gasteiger charge is 2.26. The SMILES string of the molecule is CCC(CC)(CO)CNc1snc(N)c1C(=O)NC. The Morgan fingerprint density at radius 1 is 1.47 bits per heavy atom. The molecule has 0 bridgehead atoms. The lowest BCUT2D eigenvalue weighted by Gasteiger charge is -2.29. The predicted octanol–water partition coefficient (Wildman–Crippen LogP) is 1.30. The molecule has 108 valence electrons. The van der Waals surface area contributed by atoms with Crippen molar-refractivity contribution in [2.45, 2.75) is 26.7 Å². The molecule has 19 heavy (non-hydrogen) atoms. The number of nitrogens with one attached hydrogen (secondary N) is 2. The molecular formula is C12H22N4O2S. The molecule has 0 unspecified atom stereocenters. The van der Waals surface area contributed by atoms with Crippen LogP contribution in [0.5, 0.6) is 0 Å². The molecule has 0 aliphatic carbocycles. The van der Waals surface area contributed by atoms with Crippen molar-refractivity contribution in [2.75, 3.05) is 31.2 Å². The van der Waals surface area contributed by atoms with Crippen molar-refractivity contribution in [2.24, 2.45) is 5.41 Å². The van der Waals surface area contributed by atoms with E-state index in [-0.39, 0.29) is 23.7 Å². The van der Waals surface area contributed by atoms with E-state index in [9.17, 15) is 9.90 Å². The van der Waals surface area contributed by atoms with E-state index < -0.39 is 0 Å². The number of hydrogen-bond donors (Lipinski definition) is 4. The second-order valence-corrected chi connectivity index (χ2v) is 5.34. The van der Waals surface area contributed by atoms with Crippen LogP contribution in [0, 0.1) is 5.41 Å². The van der Waals surface area contributed by atoms with Gasteiger partial charge in [0, 0.05) is 19.0 Å². The van der Waals surface area contributed by atoms with Gasteiger partial charge in [-0.15, -0.1) is 0 Å². The topological polar surface area (TPSA) is 100 Å². The normalized spacial score (nSPS) is 11.4. The Hall–Kier alpha value is -1.34. The summed E-state index contributed by atoms with van der Waals surface area (Å²) in [4.78, 5) is 11.7. The van der Waals surface area contributed by atoms with Gasteiger partial charge in [-0.2, -0.15) is 4.37 Å². The van der Waals surface area contributed by atoms with Gasteiger partial charge in [-0.05, 0) is 24.4 Å². The number of nitrogens with zero attached hydrogens (tertiary/aromatic N) is 1. The molecule has 1 rings (SSSR count). The first-order valence-corrected chi connectivity index (χ1v) is 7.12. The fraction of sp³-hybridized carbons (Fsp3) is 0.667. The maximum Gasteiger partial charge on any atom is 0.257 e. The molecule has 0 radical (unpaired) electrons. The third-order valence-electron chi connectivity index (χ3n) is 3.63. The van der Waals surface area contributed by atoms with Crippen molar-refractivity contribution >= 4 is 28.3 Å². The van der Waals surface area contributed by atoms with Gasteiger partial charge in [-0.25, -0.2) is 0 Å². The lowest BCUT2D eigenvalue weighted by atomic mass is 9.83. The quantitative estimate of drug-likeness (QED) is 0.605. The standard InChI is InChI=1S/C12H22N4O2S/c1-4-12(5-2,7-17)6-15-11-8(10(18)14-3)9(13)16-19-11/h15,17H,4-7H2,1-3H3,(H2,13,16)(H,14,18). The molecule has 1 aromatic heterocycles. The number of nitrogens with two attached hydrogens (primary N) is 1. The summed E-state index contributed by atoms with van der Waals surface area (Å²) in [5.74, 6) is -0.0224. The van der Waals surface area contributed by atoms with Gasteiger partial charge in [-0.3, -0.25) is 4.79 Å². The van der Waals surface area contributed by atoms with E-state index in [1.807, 2.05) is 13.8 Å². The smallest absolute Gasteiger partial charge is 0.257 e. The number of anilines is 2. The molecule has 6 nitrogen and oxygen atoms in total. The van der Waals surface area contributed by atoms with E-state index in [1.165, 1.54) is 0 Å². The monoisotopic (exact) mass is 286 g/mol. The molecule has 0 atom stereocenters. The Labute approximate surface area is 117 Å². The Morgan fingerprint density at radius 2 is 2.11 bits per heavy atom. The highest BCUT2D eigenvalue weighted by molar-refractivity contribution is 7.11. The Kier molecular flexibility index (Phi) is 5.56. The van der Waals surface area contributed by atoms with Gasteiger partial charge in [0.2, 0.25) is 0 Å². The van der Waals surface area contributed by atoms with Crippen molar-refractivity contribution in [3.8, 4) is 0 Å². The first-order valence-electron chi connectivity index (χ1n) is 6.35. The highest BCUT2D eigenvalue weighted by Crippen LogP contribution is 2.30. The lowest BCUT2D eigenvalue weighted by molar-refractivity contribution is 0.0964. The third-order valence-corrected chi connectivity index (χ3v) is 4.45. The van der Waals surface area contributed by atoms with E-state index in [2.05, 4.69) is 15.0 Å². The average molecular weight is 286 g/mol. The Bertz CT molecular complexity index is 421. The number of carbonyl (C=O) groups excluding carboxylic acids is 1. The lowest BCUT2D eigenvalue weighted by Crippen LogP contribution is -2.32. The molecule has 5 N–H and O–H groups in total. The molecule has 0 saturated heterocycles. The molecule has 1 aromatic rings. The Morgan fingerprint density at radius 3 is 2.58 bits per heavy atom. The fourth-order valence-electron chi connectivity index (χ4n) is 1.81. The second-order valence-electron chi connectivity index (χ2n) is 4.57. The van der Waals surface area contributed by atoms with Crippen molar-refractivity contribution in [3.05, 3.63) is 5.56 Å². The summed E-state index contributed by atoms with van der Waals surface area (Å²) in [5.41, 5.74) is 5.90. The van der Waals surface area contributed by atoms with Crippen LogP contribution in [-0.2, 0) is 0 Å². The third kappa shape index (κ3) is 3.36. The maximum absolute atomic E-state index is 11.7. The largest absolute Gasteiger partial charge is 0.396 e. The van der Waals surface area contributed by atoms with Gasteiger partial charge in [0.1, 0.15) is 10.6 Å². The summed E-state index contributed by atoms with van der Waals surface area (Å²) in [5, 5.41) is 15.9. The van der Waals surface area contributed by atoms with Crippen LogP contribution in [0.4, 0.5) is 10.8 Å². The number of carbonyl (C=O) groups is 1. The number of aromatic nitrogens is 1. The number of hydrogen-bond acceptors (Lipinski definition) is 6. The molecule has 0 saturated carbocycles. The number of nitrogen functional groups attached to an aromatic ring is 1. The van der Waals surface area contributed by atoms with Crippen LogP contribution in [0.15, 0.2) is 0 Å². The van der Waals surface area contributed by atoms with Crippen LogP contribution in [0.3, 0.4) is 0 Å². The minimum atomic E-state index is -0.253. The van der Waals surface area contributed by atoms with Crippen molar-refractivity contribution in [1.82, 2.24) is 9.69 Å². The summed E-state index contributed by atoms with van der Waals surface area (Å²) in [6, 6.07) is 0.